The molecule has 1 fully saturated rings. The van der Waals surface area contributed by atoms with Gasteiger partial charge < -0.3 is 42.1 Å². The summed E-state index contributed by atoms with van der Waals surface area (Å²) < 4.78 is 0. The molecule has 14 heteroatoms. The van der Waals surface area contributed by atoms with E-state index in [9.17, 15) is 28.8 Å². The molecule has 216 valence electrons. The first-order valence-corrected chi connectivity index (χ1v) is 12.8. The molecule has 1 aliphatic heterocycles. The molecule has 0 radical (unpaired) electrons. The van der Waals surface area contributed by atoms with Crippen LogP contribution in [0.4, 0.5) is 0 Å². The second kappa shape index (κ2) is 15.9. The lowest BCUT2D eigenvalue weighted by Crippen LogP contribution is -2.54. The van der Waals surface area contributed by atoms with E-state index in [0.717, 1.165) is 0 Å². The van der Waals surface area contributed by atoms with Gasteiger partial charge in [0.25, 0.3) is 0 Å². The Morgan fingerprint density at radius 3 is 2.08 bits per heavy atom. The van der Waals surface area contributed by atoms with Crippen LogP contribution in [0.3, 0.4) is 0 Å². The molecule has 5 amide bonds. The molecule has 8 N–H and O–H groups in total. The number of nitrogens with one attached hydrogen (secondary N) is 4. The molecule has 1 rings (SSSR count). The molecule has 0 aliphatic carbocycles. The van der Waals surface area contributed by atoms with E-state index >= 15 is 0 Å². The number of carbonyl (C=O) groups excluding carboxylic acids is 5. The number of carboxylic acids is 1. The van der Waals surface area contributed by atoms with Crippen molar-refractivity contribution in [3.05, 3.63) is 0 Å². The third kappa shape index (κ3) is 11.0. The van der Waals surface area contributed by atoms with E-state index in [-0.39, 0.29) is 18.4 Å². The largest absolute Gasteiger partial charge is 0.480 e. The van der Waals surface area contributed by atoms with Crippen LogP contribution in [-0.2, 0) is 28.8 Å². The van der Waals surface area contributed by atoms with Crippen molar-refractivity contribution < 1.29 is 39.0 Å². The van der Waals surface area contributed by atoms with Crippen molar-refractivity contribution in [2.45, 2.75) is 77.5 Å². The summed E-state index contributed by atoms with van der Waals surface area (Å²) in [6.07, 6.45) is 1.61. The molecular weight excluding hydrogens is 500 g/mol. The van der Waals surface area contributed by atoms with Crippen molar-refractivity contribution in [2.24, 2.45) is 17.6 Å². The van der Waals surface area contributed by atoms with E-state index in [1.165, 1.54) is 4.90 Å². The van der Waals surface area contributed by atoms with Gasteiger partial charge in [0.05, 0.1) is 25.7 Å². The van der Waals surface area contributed by atoms with Crippen LogP contribution in [-0.4, -0.2) is 101 Å². The van der Waals surface area contributed by atoms with Crippen LogP contribution in [0.1, 0.15) is 53.4 Å². The first-order valence-electron chi connectivity index (χ1n) is 12.8. The average Bonchev–Trinajstić information content (AvgIpc) is 3.33. The van der Waals surface area contributed by atoms with Gasteiger partial charge in [-0.05, 0) is 37.5 Å². The summed E-state index contributed by atoms with van der Waals surface area (Å²) in [6, 6.07) is -4.05. The number of amides is 5. The monoisotopic (exact) mass is 542 g/mol. The molecule has 0 aromatic rings. The van der Waals surface area contributed by atoms with E-state index in [1.54, 1.807) is 0 Å². The Kier molecular flexibility index (Phi) is 13.7. The van der Waals surface area contributed by atoms with Crippen LogP contribution in [0.15, 0.2) is 0 Å². The maximum atomic E-state index is 12.7. The summed E-state index contributed by atoms with van der Waals surface area (Å²) in [7, 11) is 0. The van der Waals surface area contributed by atoms with E-state index < -0.39 is 79.4 Å². The first-order chi connectivity index (χ1) is 17.8. The fraction of sp³-hybridized carbons (Fsp3) is 0.750. The molecule has 1 saturated heterocycles. The Labute approximate surface area is 222 Å². The van der Waals surface area contributed by atoms with E-state index in [1.807, 2.05) is 27.7 Å². The molecule has 0 aromatic carbocycles. The molecule has 0 spiro atoms. The molecule has 14 nitrogen and oxygen atoms in total. The summed E-state index contributed by atoms with van der Waals surface area (Å²) in [4.78, 5) is 74.6. The van der Waals surface area contributed by atoms with Crippen LogP contribution >= 0.6 is 0 Å². The van der Waals surface area contributed by atoms with Crippen molar-refractivity contribution in [2.75, 3.05) is 26.2 Å². The highest BCUT2D eigenvalue weighted by Crippen LogP contribution is 2.17. The maximum Gasteiger partial charge on any atom is 0.328 e. The van der Waals surface area contributed by atoms with Gasteiger partial charge in [-0.25, -0.2) is 4.79 Å². The Hall–Kier alpha value is -3.26. The molecule has 1 aliphatic rings. The number of carbonyl (C=O) groups is 6. The van der Waals surface area contributed by atoms with Gasteiger partial charge in [0.15, 0.2) is 0 Å². The number of rotatable bonds is 15. The van der Waals surface area contributed by atoms with Gasteiger partial charge in [0.2, 0.25) is 29.5 Å². The first kappa shape index (κ1) is 32.8. The van der Waals surface area contributed by atoms with Gasteiger partial charge >= 0.3 is 5.97 Å². The predicted octanol–water partition coefficient (Wildman–Crippen LogP) is -2.32. The fourth-order valence-corrected chi connectivity index (χ4v) is 4.02. The normalized spacial score (nSPS) is 17.5. The Balaban J connectivity index is 2.60. The van der Waals surface area contributed by atoms with Gasteiger partial charge in [-0.3, -0.25) is 24.0 Å². The van der Waals surface area contributed by atoms with Gasteiger partial charge in [-0.2, -0.15) is 0 Å². The maximum absolute atomic E-state index is 12.7. The van der Waals surface area contributed by atoms with Gasteiger partial charge in [0, 0.05) is 6.54 Å². The lowest BCUT2D eigenvalue weighted by atomic mass is 10.0. The zero-order chi connectivity index (χ0) is 29.0. The molecular formula is C24H42N6O8. The number of carboxylic acid groups (broad SMARTS) is 1. The van der Waals surface area contributed by atoms with Gasteiger partial charge in [-0.1, -0.05) is 27.7 Å². The highest BCUT2D eigenvalue weighted by Gasteiger charge is 2.35. The summed E-state index contributed by atoms with van der Waals surface area (Å²) in [6.45, 7) is 6.21. The van der Waals surface area contributed by atoms with Gasteiger partial charge in [-0.15, -0.1) is 0 Å². The summed E-state index contributed by atoms with van der Waals surface area (Å²) in [5, 5.41) is 27.8. The molecule has 0 bridgehead atoms. The number of nitrogens with two attached hydrogens (primary N) is 1. The second-order valence-corrected chi connectivity index (χ2v) is 10.2. The molecule has 4 atom stereocenters. The number of aliphatic hydroxyl groups is 1. The minimum atomic E-state index is -1.49. The molecule has 1 heterocycles. The molecule has 38 heavy (non-hydrogen) atoms. The summed E-state index contributed by atoms with van der Waals surface area (Å²) in [5.41, 5.74) is 5.91. The minimum Gasteiger partial charge on any atom is -0.480 e. The third-order valence-electron chi connectivity index (χ3n) is 5.94. The number of likely N-dealkylation sites (tertiary alicyclic amines) is 1. The predicted molar refractivity (Wildman–Crippen MR) is 136 cm³/mol. The lowest BCUT2D eigenvalue weighted by Gasteiger charge is -2.25. The van der Waals surface area contributed by atoms with Gasteiger partial charge in [0.1, 0.15) is 18.1 Å². The topological polar surface area (TPSA) is 220 Å². The summed E-state index contributed by atoms with van der Waals surface area (Å²) in [5.74, 6) is -4.04. The smallest absolute Gasteiger partial charge is 0.328 e. The van der Waals surface area contributed by atoms with Crippen molar-refractivity contribution in [3.63, 3.8) is 0 Å². The van der Waals surface area contributed by atoms with Crippen molar-refractivity contribution in [3.8, 4) is 0 Å². The molecule has 0 aromatic heterocycles. The lowest BCUT2D eigenvalue weighted by molar-refractivity contribution is -0.144. The number of hydrogen-bond donors (Lipinski definition) is 7. The molecule has 0 unspecified atom stereocenters. The second-order valence-electron chi connectivity index (χ2n) is 10.2. The Bertz CT molecular complexity index is 865. The van der Waals surface area contributed by atoms with Crippen LogP contribution in [0.5, 0.6) is 0 Å². The highest BCUT2D eigenvalue weighted by atomic mass is 16.4. The Morgan fingerprint density at radius 2 is 1.53 bits per heavy atom. The highest BCUT2D eigenvalue weighted by molar-refractivity contribution is 5.94. The fourth-order valence-electron chi connectivity index (χ4n) is 4.02. The van der Waals surface area contributed by atoms with E-state index in [4.69, 9.17) is 15.9 Å². The Morgan fingerprint density at radius 1 is 0.895 bits per heavy atom. The average molecular weight is 543 g/mol. The quantitative estimate of drug-likeness (QED) is 0.118. The van der Waals surface area contributed by atoms with Crippen LogP contribution in [0.25, 0.3) is 0 Å². The number of aliphatic carboxylic acids is 1. The minimum absolute atomic E-state index is 0.0765. The van der Waals surface area contributed by atoms with E-state index in [2.05, 4.69) is 21.3 Å². The SMILES string of the molecule is CC(C)C[C@H](NC(=O)[C@@H](N)CC(C)C)C(=O)NCC(=O)NCC(=O)N1CCC[C@H]1C(=O)N[C@@H](CO)C(=O)O. The zero-order valence-corrected chi connectivity index (χ0v) is 22.5. The van der Waals surface area contributed by atoms with Crippen molar-refractivity contribution in [1.29, 1.82) is 0 Å². The molecule has 0 saturated carbocycles. The zero-order valence-electron chi connectivity index (χ0n) is 22.5. The van der Waals surface area contributed by atoms with E-state index in [0.29, 0.717) is 25.7 Å². The standard InChI is InChI=1S/C24H42N6O8/c1-13(2)8-15(25)21(34)28-16(9-14(3)4)22(35)27-10-19(32)26-11-20(33)30-7-5-6-18(30)23(36)29-17(12-31)24(37)38/h13-18,31H,5-12,25H2,1-4H3,(H,26,32)(H,27,35)(H,28,34)(H,29,36)(H,37,38)/t15-,16-,17-,18-/m0/s1. The van der Waals surface area contributed by atoms with Crippen LogP contribution < -0.4 is 27.0 Å². The third-order valence-corrected chi connectivity index (χ3v) is 5.94. The van der Waals surface area contributed by atoms with Crippen molar-refractivity contribution >= 4 is 35.5 Å². The van der Waals surface area contributed by atoms with Crippen molar-refractivity contribution in [1.82, 2.24) is 26.2 Å². The summed E-state index contributed by atoms with van der Waals surface area (Å²) >= 11 is 0. The number of aliphatic hydroxyl groups excluding tert-OH is 1. The van der Waals surface area contributed by atoms with Crippen LogP contribution in [0, 0.1) is 11.8 Å². The number of nitrogens with zero attached hydrogens (tertiary/aromatic N) is 1. The number of hydrogen-bond acceptors (Lipinski definition) is 8. The van der Waals surface area contributed by atoms with Crippen LogP contribution in [0.2, 0.25) is 0 Å².